The first-order valence-electron chi connectivity index (χ1n) is 24.7. The van der Waals surface area contributed by atoms with Gasteiger partial charge in [-0.05, 0) is 26.7 Å². The molecule has 1 saturated heterocycles. The molecule has 1 aliphatic heterocycles. The quantitative estimate of drug-likeness (QED) is 0.0197. The fourth-order valence-electron chi connectivity index (χ4n) is 8.78. The molecule has 0 aliphatic carbocycles. The lowest BCUT2D eigenvalue weighted by Crippen LogP contribution is -2.78. The number of nitrogens with two attached hydrogens (primary N) is 3. The van der Waals surface area contributed by atoms with E-state index in [0.717, 1.165) is 44.9 Å². The van der Waals surface area contributed by atoms with Gasteiger partial charge in [-0.1, -0.05) is 200 Å². The van der Waals surface area contributed by atoms with Crippen LogP contribution in [-0.4, -0.2) is 86.6 Å². The molecule has 1 rings (SSSR count). The monoisotopic (exact) mass is 839 g/mol. The molecule has 11 nitrogen and oxygen atoms in total. The van der Waals surface area contributed by atoms with E-state index in [9.17, 15) is 29.7 Å². The minimum Gasteiger partial charge on any atom is -0.394 e. The molecule has 7 atom stereocenters. The maximum absolute atomic E-state index is 14.2. The number of carbonyl (C=O) groups excluding carboxylic acids is 3. The van der Waals surface area contributed by atoms with E-state index in [-0.39, 0.29) is 18.9 Å². The van der Waals surface area contributed by atoms with E-state index < -0.39 is 59.8 Å². The van der Waals surface area contributed by atoms with E-state index in [2.05, 4.69) is 13.8 Å². The van der Waals surface area contributed by atoms with Crippen LogP contribution >= 0.6 is 0 Å². The third kappa shape index (κ3) is 21.4. The smallest absolute Gasteiger partial charge is 0.225 e. The van der Waals surface area contributed by atoms with Crippen molar-refractivity contribution in [1.82, 2.24) is 4.90 Å². The Morgan fingerprint density at radius 3 is 1.31 bits per heavy atom. The highest BCUT2D eigenvalue weighted by atomic mass is 16.6. The van der Waals surface area contributed by atoms with Gasteiger partial charge in [-0.25, -0.2) is 0 Å². The number of ether oxygens (including phenoxy) is 1. The van der Waals surface area contributed by atoms with Crippen molar-refractivity contribution in [3.63, 3.8) is 0 Å². The topological polar surface area (TPSA) is 202 Å². The van der Waals surface area contributed by atoms with Gasteiger partial charge >= 0.3 is 0 Å². The van der Waals surface area contributed by atoms with Crippen LogP contribution in [0.5, 0.6) is 0 Å². The molecule has 0 bridgehead atoms. The molecule has 1 heterocycles. The summed E-state index contributed by atoms with van der Waals surface area (Å²) in [6.45, 7) is 6.55. The number of ketones is 2. The largest absolute Gasteiger partial charge is 0.394 e. The van der Waals surface area contributed by atoms with Crippen molar-refractivity contribution in [2.24, 2.45) is 23.1 Å². The Morgan fingerprint density at radius 1 is 0.627 bits per heavy atom. The zero-order chi connectivity index (χ0) is 43.9. The van der Waals surface area contributed by atoms with Gasteiger partial charge in [0.25, 0.3) is 0 Å². The molecule has 1 aliphatic rings. The number of aliphatic hydroxyl groups excluding tert-OH is 3. The summed E-state index contributed by atoms with van der Waals surface area (Å²) in [5.74, 6) is -6.15. The minimum atomic E-state index is -2.27. The standard InChI is InChI=1S/C48H94N4O7/c1-5-7-9-11-13-15-17-19-21-23-25-27-29-31-33-35-37-52(41(54)36-34-32-30-28-26-24-22-20-18-16-14-12-10-8-6-2)48(51)42(44(56)43(55)40(38-53)59-48)46(58)47(4,50)45(57)39(3)49/h39-40,42-44,53,55-56H,5-38,49-51H2,1-4H3/t39-,40-,42+,43-,44-,47+,48+/m1/s1. The van der Waals surface area contributed by atoms with Crippen LogP contribution in [0.2, 0.25) is 0 Å². The predicted molar refractivity (Wildman–Crippen MR) is 241 cm³/mol. The van der Waals surface area contributed by atoms with Crippen molar-refractivity contribution in [3.05, 3.63) is 0 Å². The first-order valence-corrected chi connectivity index (χ1v) is 24.7. The van der Waals surface area contributed by atoms with Gasteiger partial charge in [0, 0.05) is 13.0 Å². The van der Waals surface area contributed by atoms with Crippen LogP contribution in [0.4, 0.5) is 0 Å². The van der Waals surface area contributed by atoms with E-state index >= 15 is 0 Å². The van der Waals surface area contributed by atoms with Gasteiger partial charge in [0.15, 0.2) is 11.6 Å². The average molecular weight is 839 g/mol. The highest BCUT2D eigenvalue weighted by molar-refractivity contribution is 6.14. The van der Waals surface area contributed by atoms with Crippen LogP contribution in [-0.2, 0) is 19.1 Å². The van der Waals surface area contributed by atoms with Crippen molar-refractivity contribution in [2.75, 3.05) is 13.2 Å². The normalized spacial score (nSPS) is 22.3. The maximum atomic E-state index is 14.2. The number of hydrogen-bond donors (Lipinski definition) is 6. The Labute approximate surface area is 361 Å². The van der Waals surface area contributed by atoms with Crippen molar-refractivity contribution in [2.45, 2.75) is 269 Å². The number of Topliss-reactive ketones (excluding diaryl/α,β-unsaturated/α-hetero) is 2. The van der Waals surface area contributed by atoms with Gasteiger partial charge < -0.3 is 36.4 Å². The van der Waals surface area contributed by atoms with Gasteiger partial charge in [-0.15, -0.1) is 0 Å². The van der Waals surface area contributed by atoms with Crippen LogP contribution in [0.3, 0.4) is 0 Å². The zero-order valence-electron chi connectivity index (χ0n) is 38.6. The molecule has 0 aromatic carbocycles. The van der Waals surface area contributed by atoms with E-state index in [4.69, 9.17) is 21.9 Å². The summed E-state index contributed by atoms with van der Waals surface area (Å²) >= 11 is 0. The van der Waals surface area contributed by atoms with Crippen LogP contribution in [0.15, 0.2) is 0 Å². The summed E-state index contributed by atoms with van der Waals surface area (Å²) in [5, 5.41) is 32.4. The first kappa shape index (κ1) is 55.5. The summed E-state index contributed by atoms with van der Waals surface area (Å²) in [6.07, 6.45) is 32.3. The number of carbonyl (C=O) groups is 3. The Kier molecular flexibility index (Phi) is 31.2. The van der Waals surface area contributed by atoms with Crippen LogP contribution < -0.4 is 17.2 Å². The third-order valence-electron chi connectivity index (χ3n) is 12.7. The molecule has 1 amide bonds. The fourth-order valence-corrected chi connectivity index (χ4v) is 8.78. The van der Waals surface area contributed by atoms with E-state index in [1.807, 2.05) is 0 Å². The third-order valence-corrected chi connectivity index (χ3v) is 12.7. The molecule has 0 aromatic rings. The molecule has 0 unspecified atom stereocenters. The summed E-state index contributed by atoms with van der Waals surface area (Å²) in [4.78, 5) is 42.7. The molecule has 0 aromatic heterocycles. The number of aliphatic hydroxyl groups is 3. The SMILES string of the molecule is CCCCCCCCCCCCCCCCCCN(C(=O)CCCCCCCCCCCCCCCCC)[C@]1(N)O[C@H](CO)[C@@H](O)[C@H](O)[C@H]1C(=O)[C@@](C)(N)C(=O)[C@@H](C)N. The lowest BCUT2D eigenvalue weighted by atomic mass is 9.74. The minimum absolute atomic E-state index is 0.139. The second-order valence-electron chi connectivity index (χ2n) is 18.3. The molecule has 348 valence electrons. The number of amides is 1. The summed E-state index contributed by atoms with van der Waals surface area (Å²) < 4.78 is 6.07. The van der Waals surface area contributed by atoms with Gasteiger partial charge in [-0.3, -0.25) is 20.1 Å². The zero-order valence-corrected chi connectivity index (χ0v) is 38.6. The van der Waals surface area contributed by atoms with Crippen molar-refractivity contribution >= 4 is 17.5 Å². The van der Waals surface area contributed by atoms with E-state index in [1.54, 1.807) is 0 Å². The first-order chi connectivity index (χ1) is 28.3. The Bertz CT molecular complexity index is 1090. The molecule has 0 saturated carbocycles. The fraction of sp³-hybridized carbons (Fsp3) is 0.938. The Hall–Kier alpha value is -1.47. The molecule has 1 fully saturated rings. The molecule has 0 spiro atoms. The van der Waals surface area contributed by atoms with E-state index in [1.165, 1.54) is 160 Å². The molecule has 0 radical (unpaired) electrons. The van der Waals surface area contributed by atoms with Crippen LogP contribution in [0.1, 0.15) is 233 Å². The van der Waals surface area contributed by atoms with Crippen molar-refractivity contribution in [3.8, 4) is 0 Å². The van der Waals surface area contributed by atoms with E-state index in [0.29, 0.717) is 12.8 Å². The van der Waals surface area contributed by atoms with Crippen LogP contribution in [0, 0.1) is 5.92 Å². The Morgan fingerprint density at radius 2 is 0.966 bits per heavy atom. The second-order valence-corrected chi connectivity index (χ2v) is 18.3. The predicted octanol–water partition coefficient (Wildman–Crippen LogP) is 8.88. The molecule has 11 heteroatoms. The Balaban J connectivity index is 2.82. The summed E-state index contributed by atoms with van der Waals surface area (Å²) in [6, 6.07) is -1.09. The molecule has 9 N–H and O–H groups in total. The van der Waals surface area contributed by atoms with Gasteiger partial charge in [0.2, 0.25) is 11.8 Å². The maximum Gasteiger partial charge on any atom is 0.225 e. The van der Waals surface area contributed by atoms with Gasteiger partial charge in [0.1, 0.15) is 23.7 Å². The van der Waals surface area contributed by atoms with Crippen LogP contribution in [0.25, 0.3) is 0 Å². The lowest BCUT2D eigenvalue weighted by molar-refractivity contribution is -0.292. The molecule has 59 heavy (non-hydrogen) atoms. The number of hydrogen-bond acceptors (Lipinski definition) is 10. The van der Waals surface area contributed by atoms with Gasteiger partial charge in [-0.2, -0.15) is 0 Å². The highest BCUT2D eigenvalue weighted by Crippen LogP contribution is 2.38. The average Bonchev–Trinajstić information content (AvgIpc) is 3.21. The van der Waals surface area contributed by atoms with Crippen molar-refractivity contribution in [1.29, 1.82) is 0 Å². The summed E-state index contributed by atoms with van der Waals surface area (Å²) in [7, 11) is 0. The van der Waals surface area contributed by atoms with Gasteiger partial charge in [0.05, 0.1) is 18.8 Å². The summed E-state index contributed by atoms with van der Waals surface area (Å²) in [5.41, 5.74) is 16.9. The highest BCUT2D eigenvalue weighted by Gasteiger charge is 2.62. The number of unbranched alkanes of at least 4 members (excludes halogenated alkanes) is 29. The second kappa shape index (κ2) is 33.1. The number of nitrogens with zero attached hydrogens (tertiary/aromatic N) is 1. The lowest BCUT2D eigenvalue weighted by Gasteiger charge is -2.53. The molecular weight excluding hydrogens is 745 g/mol. The number of rotatable bonds is 39. The molecular formula is C48H94N4O7. The van der Waals surface area contributed by atoms with Crippen molar-refractivity contribution < 1.29 is 34.4 Å².